The molecule has 4 atom stereocenters. The van der Waals surface area contributed by atoms with E-state index in [4.69, 9.17) is 4.74 Å². The summed E-state index contributed by atoms with van der Waals surface area (Å²) in [7, 11) is 1.51. The molecule has 2 aliphatic rings. The number of hydrogen-bond acceptors (Lipinski definition) is 5. The van der Waals surface area contributed by atoms with E-state index in [2.05, 4.69) is 10.3 Å². The van der Waals surface area contributed by atoms with E-state index in [1.807, 2.05) is 18.2 Å². The summed E-state index contributed by atoms with van der Waals surface area (Å²) in [5.74, 6) is 0.934. The molecule has 6 heteroatoms. The topological polar surface area (TPSA) is 88.5 Å². The van der Waals surface area contributed by atoms with Gasteiger partial charge in [0.1, 0.15) is 11.8 Å². The van der Waals surface area contributed by atoms with Crippen LogP contribution in [-0.2, 0) is 4.74 Å². The zero-order valence-electron chi connectivity index (χ0n) is 15.1. The van der Waals surface area contributed by atoms with Crippen LogP contribution < -0.4 is 5.32 Å². The van der Waals surface area contributed by atoms with Crippen LogP contribution in [0.3, 0.4) is 0 Å². The molecule has 0 radical (unpaired) electrons. The number of Topliss-reactive ketones (excluding diaryl/α,β-unsaturated/α-hetero) is 1. The minimum atomic E-state index is -1.00. The lowest BCUT2D eigenvalue weighted by Crippen LogP contribution is -2.21. The number of carbonyl (C=O) groups excluding carboxylic acids is 2. The fourth-order valence-electron chi connectivity index (χ4n) is 3.90. The van der Waals surface area contributed by atoms with Crippen molar-refractivity contribution in [2.24, 2.45) is 17.8 Å². The van der Waals surface area contributed by atoms with E-state index >= 15 is 0 Å². The van der Waals surface area contributed by atoms with Gasteiger partial charge in [-0.15, -0.1) is 0 Å². The Morgan fingerprint density at radius 1 is 1.22 bits per heavy atom. The van der Waals surface area contributed by atoms with Gasteiger partial charge in [-0.25, -0.2) is 4.98 Å². The van der Waals surface area contributed by atoms with E-state index in [0.29, 0.717) is 41.0 Å². The van der Waals surface area contributed by atoms with Crippen LogP contribution in [0.15, 0.2) is 42.5 Å². The Kier molecular flexibility index (Phi) is 4.76. The number of nitrogens with one attached hydrogen (secondary N) is 1. The quantitative estimate of drug-likeness (QED) is 0.764. The van der Waals surface area contributed by atoms with Crippen molar-refractivity contribution in [3.05, 3.63) is 65.0 Å². The van der Waals surface area contributed by atoms with Gasteiger partial charge in [0, 0.05) is 19.0 Å². The molecule has 6 nitrogen and oxygen atoms in total. The van der Waals surface area contributed by atoms with Gasteiger partial charge in [0.05, 0.1) is 18.9 Å². The smallest absolute Gasteiger partial charge is 0.269 e. The Bertz CT molecular complexity index is 858. The summed E-state index contributed by atoms with van der Waals surface area (Å²) >= 11 is 0. The molecule has 0 bridgehead atoms. The third-order valence-electron chi connectivity index (χ3n) is 5.57. The summed E-state index contributed by atoms with van der Waals surface area (Å²) in [6.07, 6.45) is -0.562. The second-order valence-electron chi connectivity index (χ2n) is 7.21. The molecule has 2 aromatic rings. The number of rotatable bonds is 6. The van der Waals surface area contributed by atoms with Crippen LogP contribution in [0.2, 0.25) is 0 Å². The molecule has 1 aliphatic carbocycles. The summed E-state index contributed by atoms with van der Waals surface area (Å²) in [6.45, 7) is 1.47. The first-order valence-electron chi connectivity index (χ1n) is 9.16. The number of carbonyl (C=O) groups is 2. The van der Waals surface area contributed by atoms with E-state index < -0.39 is 6.10 Å². The minimum Gasteiger partial charge on any atom is -0.382 e. The number of aliphatic hydroxyl groups excluding tert-OH is 1. The molecular weight excluding hydrogens is 344 g/mol. The standard InChI is InChI=1S/C21H22N2O4/c1-22-21(26)18-8-13(19(24)9-14-15-10-27-11-16(14)15)7-17(23-18)20(25)12-5-3-2-4-6-12/h2-8,14-16,20,25H,9-11H2,1H3,(H,22,26)/t14?,15-,16+,20?. The van der Waals surface area contributed by atoms with Gasteiger partial charge in [-0.2, -0.15) is 0 Å². The Labute approximate surface area is 157 Å². The molecule has 1 aromatic heterocycles. The Balaban J connectivity index is 1.62. The monoisotopic (exact) mass is 366 g/mol. The van der Waals surface area contributed by atoms with Gasteiger partial charge in [-0.05, 0) is 35.4 Å². The van der Waals surface area contributed by atoms with Crippen LogP contribution in [0.1, 0.15) is 44.6 Å². The number of aliphatic hydroxyl groups is 1. The average molecular weight is 366 g/mol. The highest BCUT2D eigenvalue weighted by Gasteiger charge is 2.54. The van der Waals surface area contributed by atoms with Gasteiger partial charge in [0.2, 0.25) is 0 Å². The number of fused-ring (bicyclic) bond motifs is 1. The summed E-state index contributed by atoms with van der Waals surface area (Å²) in [6, 6.07) is 12.2. The number of benzene rings is 1. The van der Waals surface area contributed by atoms with Gasteiger partial charge < -0.3 is 15.2 Å². The number of pyridine rings is 1. The third-order valence-corrected chi connectivity index (χ3v) is 5.57. The second kappa shape index (κ2) is 7.21. The molecule has 2 N–H and O–H groups in total. The van der Waals surface area contributed by atoms with E-state index in [-0.39, 0.29) is 17.4 Å². The summed E-state index contributed by atoms with van der Waals surface area (Å²) in [5, 5.41) is 13.2. The molecule has 4 rings (SSSR count). The van der Waals surface area contributed by atoms with Crippen LogP contribution in [0.25, 0.3) is 0 Å². The number of hydrogen-bond donors (Lipinski definition) is 2. The molecule has 1 amide bonds. The highest BCUT2D eigenvalue weighted by atomic mass is 16.5. The number of aromatic nitrogens is 1. The Morgan fingerprint density at radius 3 is 2.59 bits per heavy atom. The zero-order valence-corrected chi connectivity index (χ0v) is 15.1. The predicted octanol–water partition coefficient (Wildman–Crippen LogP) is 1.99. The van der Waals surface area contributed by atoms with Crippen molar-refractivity contribution < 1.29 is 19.4 Å². The molecular formula is C21H22N2O4. The third kappa shape index (κ3) is 3.50. The van der Waals surface area contributed by atoms with E-state index in [1.165, 1.54) is 13.1 Å². The Morgan fingerprint density at radius 2 is 1.93 bits per heavy atom. The van der Waals surface area contributed by atoms with Crippen molar-refractivity contribution in [3.63, 3.8) is 0 Å². The first-order chi connectivity index (χ1) is 13.1. The van der Waals surface area contributed by atoms with Crippen LogP contribution in [0, 0.1) is 17.8 Å². The summed E-state index contributed by atoms with van der Waals surface area (Å²) < 4.78 is 5.38. The van der Waals surface area contributed by atoms with Gasteiger partial charge in [-0.1, -0.05) is 30.3 Å². The average Bonchev–Trinajstić information content (AvgIpc) is 3.13. The first kappa shape index (κ1) is 17.8. The Hall–Kier alpha value is -2.57. The number of ether oxygens (including phenoxy) is 1. The zero-order chi connectivity index (χ0) is 19.0. The first-order valence-corrected chi connectivity index (χ1v) is 9.16. The van der Waals surface area contributed by atoms with Gasteiger partial charge in [0.25, 0.3) is 5.91 Å². The van der Waals surface area contributed by atoms with Gasteiger partial charge in [-0.3, -0.25) is 9.59 Å². The molecule has 140 valence electrons. The molecule has 1 saturated heterocycles. The molecule has 2 heterocycles. The van der Waals surface area contributed by atoms with Crippen LogP contribution in [0.4, 0.5) is 0 Å². The maximum absolute atomic E-state index is 12.8. The largest absolute Gasteiger partial charge is 0.382 e. The number of amides is 1. The molecule has 27 heavy (non-hydrogen) atoms. The lowest BCUT2D eigenvalue weighted by Gasteiger charge is -2.14. The van der Waals surface area contributed by atoms with Crippen LogP contribution >= 0.6 is 0 Å². The van der Waals surface area contributed by atoms with E-state index in [0.717, 1.165) is 13.2 Å². The highest BCUT2D eigenvalue weighted by molar-refractivity contribution is 6.00. The van der Waals surface area contributed by atoms with E-state index in [1.54, 1.807) is 18.2 Å². The fraction of sp³-hybridized carbons (Fsp3) is 0.381. The maximum atomic E-state index is 12.8. The normalized spacial score (nSPS) is 24.1. The van der Waals surface area contributed by atoms with Crippen molar-refractivity contribution in [1.82, 2.24) is 10.3 Å². The summed E-state index contributed by atoms with van der Waals surface area (Å²) in [5.41, 5.74) is 1.50. The molecule has 2 unspecified atom stereocenters. The minimum absolute atomic E-state index is 0.0246. The van der Waals surface area contributed by atoms with Crippen molar-refractivity contribution in [2.45, 2.75) is 12.5 Å². The predicted molar refractivity (Wildman–Crippen MR) is 98.4 cm³/mol. The maximum Gasteiger partial charge on any atom is 0.269 e. The molecule has 1 aromatic carbocycles. The number of ketones is 1. The molecule has 1 saturated carbocycles. The second-order valence-corrected chi connectivity index (χ2v) is 7.21. The van der Waals surface area contributed by atoms with Crippen molar-refractivity contribution in [3.8, 4) is 0 Å². The lowest BCUT2D eigenvalue weighted by atomic mass is 9.99. The van der Waals surface area contributed by atoms with Crippen molar-refractivity contribution in [1.29, 1.82) is 0 Å². The van der Waals surface area contributed by atoms with E-state index in [9.17, 15) is 14.7 Å². The highest BCUT2D eigenvalue weighted by Crippen LogP contribution is 2.52. The van der Waals surface area contributed by atoms with Crippen molar-refractivity contribution in [2.75, 3.05) is 20.3 Å². The lowest BCUT2D eigenvalue weighted by molar-refractivity contribution is 0.0950. The van der Waals surface area contributed by atoms with Crippen LogP contribution in [-0.4, -0.2) is 42.0 Å². The summed E-state index contributed by atoms with van der Waals surface area (Å²) in [4.78, 5) is 29.2. The van der Waals surface area contributed by atoms with Gasteiger partial charge >= 0.3 is 0 Å². The molecule has 1 aliphatic heterocycles. The molecule has 2 fully saturated rings. The van der Waals surface area contributed by atoms with Gasteiger partial charge in [0.15, 0.2) is 5.78 Å². The van der Waals surface area contributed by atoms with Crippen molar-refractivity contribution >= 4 is 11.7 Å². The fourth-order valence-corrected chi connectivity index (χ4v) is 3.90. The van der Waals surface area contributed by atoms with Crippen LogP contribution in [0.5, 0.6) is 0 Å². The number of nitrogens with zero attached hydrogens (tertiary/aromatic N) is 1. The SMILES string of the molecule is CNC(=O)c1cc(C(=O)CC2[C@H]3COC[C@@H]23)cc(C(O)c2ccccc2)n1. The molecule has 0 spiro atoms.